The number of hydrogen-bond acceptors (Lipinski definition) is 2. The summed E-state index contributed by atoms with van der Waals surface area (Å²) in [5.41, 5.74) is 0.905. The molecule has 0 unspecified atom stereocenters. The second-order valence-electron chi connectivity index (χ2n) is 7.24. The standard InChI is InChI=1S/C15H19Cl2NO2/c1-7(18-12(20)14(4)6-15(14,16)17)10-9(19)5-8-11(10)13(8,2)3/h8,11H,5-6H2,1-4H3,(H,18,20)/b10-7+/t8-,11-,14+/m1/s1. The topological polar surface area (TPSA) is 46.2 Å². The lowest BCUT2D eigenvalue weighted by Crippen LogP contribution is -2.33. The van der Waals surface area contributed by atoms with Crippen LogP contribution in [0.1, 0.15) is 40.5 Å². The number of carbonyl (C=O) groups is 2. The molecule has 0 radical (unpaired) electrons. The molecule has 0 aromatic rings. The third-order valence-electron chi connectivity index (χ3n) is 5.53. The van der Waals surface area contributed by atoms with E-state index < -0.39 is 9.75 Å². The molecule has 3 aliphatic carbocycles. The molecule has 3 nitrogen and oxygen atoms in total. The second kappa shape index (κ2) is 3.80. The van der Waals surface area contributed by atoms with E-state index in [-0.39, 0.29) is 17.1 Å². The Hall–Kier alpha value is -0.540. The van der Waals surface area contributed by atoms with E-state index in [9.17, 15) is 9.59 Å². The lowest BCUT2D eigenvalue weighted by atomic mass is 9.95. The Morgan fingerprint density at radius 3 is 2.30 bits per heavy atom. The SMILES string of the molecule is C/C(NC(=O)[C@]1(C)CC1(Cl)Cl)=C1/C(=O)C[C@@H]2[C@H]1C2(C)C. The molecule has 110 valence electrons. The van der Waals surface area contributed by atoms with Gasteiger partial charge < -0.3 is 5.32 Å². The number of nitrogens with one attached hydrogen (secondary N) is 1. The summed E-state index contributed by atoms with van der Waals surface area (Å²) in [6.07, 6.45) is 1.05. The van der Waals surface area contributed by atoms with E-state index in [1.807, 2.05) is 0 Å². The molecule has 0 saturated heterocycles. The van der Waals surface area contributed by atoms with Crippen LogP contribution in [0.15, 0.2) is 11.3 Å². The van der Waals surface area contributed by atoms with Gasteiger partial charge in [0.25, 0.3) is 0 Å². The maximum absolute atomic E-state index is 12.3. The van der Waals surface area contributed by atoms with E-state index >= 15 is 0 Å². The molecular weight excluding hydrogens is 297 g/mol. The number of carbonyl (C=O) groups excluding carboxylic acids is 2. The number of hydrogen-bond donors (Lipinski definition) is 1. The predicted molar refractivity (Wildman–Crippen MR) is 78.4 cm³/mol. The van der Waals surface area contributed by atoms with E-state index in [2.05, 4.69) is 19.2 Å². The molecule has 3 atom stereocenters. The van der Waals surface area contributed by atoms with Gasteiger partial charge in [0.15, 0.2) is 5.78 Å². The zero-order chi connectivity index (χ0) is 15.1. The second-order valence-corrected chi connectivity index (χ2v) is 8.72. The van der Waals surface area contributed by atoms with Gasteiger partial charge in [-0.2, -0.15) is 0 Å². The van der Waals surface area contributed by atoms with Crippen molar-refractivity contribution in [3.63, 3.8) is 0 Å². The third-order valence-corrected chi connectivity index (χ3v) is 6.63. The maximum atomic E-state index is 12.3. The number of Topliss-reactive ketones (excluding diaryl/α,β-unsaturated/α-hetero) is 1. The highest BCUT2D eigenvalue weighted by Crippen LogP contribution is 2.68. The summed E-state index contributed by atoms with van der Waals surface area (Å²) >= 11 is 12.0. The van der Waals surface area contributed by atoms with Crippen molar-refractivity contribution in [2.45, 2.75) is 44.9 Å². The van der Waals surface area contributed by atoms with E-state index in [4.69, 9.17) is 23.2 Å². The molecule has 20 heavy (non-hydrogen) atoms. The molecule has 1 amide bonds. The highest BCUT2D eigenvalue weighted by atomic mass is 35.5. The van der Waals surface area contributed by atoms with Crippen LogP contribution in [-0.4, -0.2) is 16.0 Å². The van der Waals surface area contributed by atoms with E-state index in [1.165, 1.54) is 0 Å². The Morgan fingerprint density at radius 2 is 1.85 bits per heavy atom. The van der Waals surface area contributed by atoms with Crippen LogP contribution in [0.4, 0.5) is 0 Å². The minimum Gasteiger partial charge on any atom is -0.329 e. The van der Waals surface area contributed by atoms with Crippen molar-refractivity contribution in [1.82, 2.24) is 5.32 Å². The van der Waals surface area contributed by atoms with Gasteiger partial charge in [0.1, 0.15) is 4.33 Å². The molecule has 0 aromatic heterocycles. The van der Waals surface area contributed by atoms with Gasteiger partial charge >= 0.3 is 0 Å². The summed E-state index contributed by atoms with van der Waals surface area (Å²) in [7, 11) is 0. The van der Waals surface area contributed by atoms with Crippen LogP contribution in [-0.2, 0) is 9.59 Å². The van der Waals surface area contributed by atoms with Gasteiger partial charge in [-0.15, -0.1) is 23.2 Å². The molecule has 3 saturated carbocycles. The van der Waals surface area contributed by atoms with Crippen LogP contribution in [0.25, 0.3) is 0 Å². The normalized spacial score (nSPS) is 42.0. The quantitative estimate of drug-likeness (QED) is 0.628. The van der Waals surface area contributed by atoms with Crippen LogP contribution in [0.5, 0.6) is 0 Å². The lowest BCUT2D eigenvalue weighted by Gasteiger charge is -2.16. The first-order valence-corrected chi connectivity index (χ1v) is 7.71. The molecule has 3 rings (SSSR count). The molecule has 1 N–H and O–H groups in total. The smallest absolute Gasteiger partial charge is 0.233 e. The Balaban J connectivity index is 1.80. The molecule has 3 aliphatic rings. The van der Waals surface area contributed by atoms with E-state index in [0.717, 1.165) is 5.57 Å². The van der Waals surface area contributed by atoms with Crippen molar-refractivity contribution in [2.75, 3.05) is 0 Å². The van der Waals surface area contributed by atoms with Crippen molar-refractivity contribution in [2.24, 2.45) is 22.7 Å². The summed E-state index contributed by atoms with van der Waals surface area (Å²) in [5, 5.41) is 2.86. The molecule has 3 fully saturated rings. The first-order chi connectivity index (χ1) is 9.02. The fraction of sp³-hybridized carbons (Fsp3) is 0.733. The van der Waals surface area contributed by atoms with Gasteiger partial charge in [-0.1, -0.05) is 13.8 Å². The Morgan fingerprint density at radius 1 is 1.30 bits per heavy atom. The summed E-state index contributed by atoms with van der Waals surface area (Å²) in [4.78, 5) is 24.3. The fourth-order valence-corrected chi connectivity index (χ4v) is 4.35. The largest absolute Gasteiger partial charge is 0.329 e. The van der Waals surface area contributed by atoms with Crippen molar-refractivity contribution in [3.05, 3.63) is 11.3 Å². The number of amides is 1. The summed E-state index contributed by atoms with van der Waals surface area (Å²) in [5.74, 6) is 0.705. The average molecular weight is 316 g/mol. The number of ketones is 1. The highest BCUT2D eigenvalue weighted by Gasteiger charge is 2.68. The van der Waals surface area contributed by atoms with Gasteiger partial charge in [0.2, 0.25) is 5.91 Å². The number of halogens is 2. The summed E-state index contributed by atoms with van der Waals surface area (Å²) in [6, 6.07) is 0. The maximum Gasteiger partial charge on any atom is 0.233 e. The molecule has 0 bridgehead atoms. The first-order valence-electron chi connectivity index (χ1n) is 6.95. The van der Waals surface area contributed by atoms with E-state index in [1.54, 1.807) is 13.8 Å². The number of allylic oxidation sites excluding steroid dienone is 2. The highest BCUT2D eigenvalue weighted by molar-refractivity contribution is 6.53. The minimum atomic E-state index is -0.983. The lowest BCUT2D eigenvalue weighted by molar-refractivity contribution is -0.125. The zero-order valence-corrected chi connectivity index (χ0v) is 13.7. The van der Waals surface area contributed by atoms with Gasteiger partial charge in [0.05, 0.1) is 5.41 Å². The van der Waals surface area contributed by atoms with Crippen LogP contribution >= 0.6 is 23.2 Å². The van der Waals surface area contributed by atoms with Gasteiger partial charge in [0, 0.05) is 17.7 Å². The van der Waals surface area contributed by atoms with Crippen molar-refractivity contribution in [3.8, 4) is 0 Å². The minimum absolute atomic E-state index is 0.168. The van der Waals surface area contributed by atoms with Crippen molar-refractivity contribution in [1.29, 1.82) is 0 Å². The zero-order valence-electron chi connectivity index (χ0n) is 12.1. The van der Waals surface area contributed by atoms with Gasteiger partial charge in [-0.3, -0.25) is 9.59 Å². The third kappa shape index (κ3) is 1.72. The molecular formula is C15H19Cl2NO2. The van der Waals surface area contributed by atoms with Crippen molar-refractivity contribution < 1.29 is 9.59 Å². The van der Waals surface area contributed by atoms with Gasteiger partial charge in [-0.25, -0.2) is 0 Å². The fourth-order valence-electron chi connectivity index (χ4n) is 3.65. The number of alkyl halides is 2. The van der Waals surface area contributed by atoms with Crippen LogP contribution in [0.2, 0.25) is 0 Å². The van der Waals surface area contributed by atoms with Crippen molar-refractivity contribution >= 4 is 34.9 Å². The van der Waals surface area contributed by atoms with Crippen LogP contribution in [0, 0.1) is 22.7 Å². The Labute approximate surface area is 129 Å². The van der Waals surface area contributed by atoms with Crippen LogP contribution < -0.4 is 5.32 Å². The first kappa shape index (κ1) is 14.4. The van der Waals surface area contributed by atoms with Gasteiger partial charge in [-0.05, 0) is 37.5 Å². The van der Waals surface area contributed by atoms with E-state index in [0.29, 0.717) is 30.4 Å². The predicted octanol–water partition coefficient (Wildman–Crippen LogP) is 3.21. The number of rotatable bonds is 2. The van der Waals surface area contributed by atoms with Crippen LogP contribution in [0.3, 0.4) is 0 Å². The molecule has 0 aromatic carbocycles. The average Bonchev–Trinajstić information content (AvgIpc) is 2.92. The Kier molecular flexibility index (Phi) is 2.74. The molecule has 0 spiro atoms. The monoisotopic (exact) mass is 315 g/mol. The molecule has 0 aliphatic heterocycles. The summed E-state index contributed by atoms with van der Waals surface area (Å²) < 4.78 is -0.983. The molecule has 5 heteroatoms. The number of fused-ring (bicyclic) bond motifs is 1. The molecule has 0 heterocycles. The Bertz CT molecular complexity index is 564. The summed E-state index contributed by atoms with van der Waals surface area (Å²) in [6.45, 7) is 7.90.